The summed E-state index contributed by atoms with van der Waals surface area (Å²) in [5.41, 5.74) is 1.86. The van der Waals surface area contributed by atoms with Crippen molar-refractivity contribution in [3.05, 3.63) is 59.2 Å². The molecule has 0 fully saturated rings. The lowest BCUT2D eigenvalue weighted by atomic mass is 9.87. The van der Waals surface area contributed by atoms with Gasteiger partial charge >= 0.3 is 0 Å². The van der Waals surface area contributed by atoms with E-state index in [-0.39, 0.29) is 11.2 Å². The van der Waals surface area contributed by atoms with Crippen molar-refractivity contribution < 1.29 is 13.6 Å². The number of nitrogens with one attached hydrogen (secondary N) is 1. The van der Waals surface area contributed by atoms with E-state index in [0.717, 1.165) is 22.6 Å². The number of hydrogen-bond acceptors (Lipinski definition) is 2. The lowest BCUT2D eigenvalue weighted by Crippen LogP contribution is -2.16. The number of benzene rings is 2. The highest BCUT2D eigenvalue weighted by atomic mass is 32.2. The van der Waals surface area contributed by atoms with Crippen LogP contribution in [0.15, 0.2) is 41.3 Å². The summed E-state index contributed by atoms with van der Waals surface area (Å²) < 4.78 is 27.1. The third kappa shape index (κ3) is 4.57. The topological polar surface area (TPSA) is 29.1 Å². The van der Waals surface area contributed by atoms with Gasteiger partial charge in [0.1, 0.15) is 17.3 Å². The molecule has 0 aliphatic rings. The lowest BCUT2D eigenvalue weighted by molar-refractivity contribution is -0.113. The highest BCUT2D eigenvalue weighted by Gasteiger charge is 2.16. The van der Waals surface area contributed by atoms with Crippen LogP contribution in [0.2, 0.25) is 0 Å². The van der Waals surface area contributed by atoms with Crippen molar-refractivity contribution in [3.8, 4) is 0 Å². The van der Waals surface area contributed by atoms with Crippen molar-refractivity contribution in [3.63, 3.8) is 0 Å². The van der Waals surface area contributed by atoms with Crippen LogP contribution in [0, 0.1) is 18.6 Å². The number of anilines is 1. The van der Waals surface area contributed by atoms with Crippen molar-refractivity contribution in [2.45, 2.75) is 38.0 Å². The molecule has 0 unspecified atom stereocenters. The molecule has 0 aliphatic heterocycles. The minimum Gasteiger partial charge on any atom is -0.320 e. The van der Waals surface area contributed by atoms with Crippen molar-refractivity contribution >= 4 is 23.4 Å². The van der Waals surface area contributed by atoms with Crippen LogP contribution in [-0.2, 0) is 10.2 Å². The highest BCUT2D eigenvalue weighted by molar-refractivity contribution is 8.00. The van der Waals surface area contributed by atoms with Crippen LogP contribution in [0.25, 0.3) is 0 Å². The van der Waals surface area contributed by atoms with Crippen LogP contribution in [0.5, 0.6) is 0 Å². The third-order valence-corrected chi connectivity index (χ3v) is 4.80. The molecule has 2 rings (SSSR count). The molecular weight excluding hydrogens is 328 g/mol. The molecule has 2 nitrogen and oxygen atoms in total. The number of carbonyl (C=O) groups excluding carboxylic acids is 1. The first kappa shape index (κ1) is 18.5. The Morgan fingerprint density at radius 1 is 1.12 bits per heavy atom. The molecule has 0 saturated carbocycles. The zero-order chi connectivity index (χ0) is 17.9. The van der Waals surface area contributed by atoms with Crippen molar-refractivity contribution in [2.75, 3.05) is 11.1 Å². The van der Waals surface area contributed by atoms with E-state index >= 15 is 0 Å². The zero-order valence-electron chi connectivity index (χ0n) is 14.2. The third-order valence-electron chi connectivity index (χ3n) is 3.64. The Hall–Kier alpha value is -1.88. The van der Waals surface area contributed by atoms with Crippen LogP contribution in [0.3, 0.4) is 0 Å². The maximum atomic E-state index is 13.6. The first-order valence-electron chi connectivity index (χ1n) is 7.66. The van der Waals surface area contributed by atoms with Crippen LogP contribution < -0.4 is 5.32 Å². The minimum atomic E-state index is -0.778. The number of para-hydroxylation sites is 1. The van der Waals surface area contributed by atoms with E-state index < -0.39 is 23.2 Å². The summed E-state index contributed by atoms with van der Waals surface area (Å²) in [5.74, 6) is -1.91. The molecule has 128 valence electrons. The quantitative estimate of drug-likeness (QED) is 0.759. The second-order valence-corrected chi connectivity index (χ2v) is 7.68. The molecule has 0 radical (unpaired) electrons. The number of rotatable bonds is 4. The first-order valence-corrected chi connectivity index (χ1v) is 8.65. The summed E-state index contributed by atoms with van der Waals surface area (Å²) in [7, 11) is 0. The summed E-state index contributed by atoms with van der Waals surface area (Å²) in [5, 5.41) is 2.30. The second kappa shape index (κ2) is 7.34. The SMILES string of the molecule is Cc1ccc(C(C)(C)C)cc1SCC(=O)Nc1c(F)cccc1F. The highest BCUT2D eigenvalue weighted by Crippen LogP contribution is 2.30. The van der Waals surface area contributed by atoms with Crippen LogP contribution in [0.4, 0.5) is 14.5 Å². The molecule has 0 atom stereocenters. The molecule has 24 heavy (non-hydrogen) atoms. The minimum absolute atomic E-state index is 0.0154. The fraction of sp³-hybridized carbons (Fsp3) is 0.316. The van der Waals surface area contributed by atoms with Gasteiger partial charge in [0.25, 0.3) is 0 Å². The van der Waals surface area contributed by atoms with Crippen molar-refractivity contribution in [1.82, 2.24) is 0 Å². The zero-order valence-corrected chi connectivity index (χ0v) is 15.1. The van der Waals surface area contributed by atoms with Gasteiger partial charge in [-0.3, -0.25) is 4.79 Å². The number of carbonyl (C=O) groups is 1. The summed E-state index contributed by atoms with van der Waals surface area (Å²) in [6, 6.07) is 9.66. The van der Waals surface area contributed by atoms with E-state index in [0.29, 0.717) is 0 Å². The summed E-state index contributed by atoms with van der Waals surface area (Å²) in [6.45, 7) is 8.35. The smallest absolute Gasteiger partial charge is 0.234 e. The van der Waals surface area contributed by atoms with Crippen molar-refractivity contribution in [1.29, 1.82) is 0 Å². The normalized spacial score (nSPS) is 11.4. The molecule has 0 aromatic heterocycles. The summed E-state index contributed by atoms with van der Waals surface area (Å²) >= 11 is 1.36. The van der Waals surface area contributed by atoms with Gasteiger partial charge in [-0.1, -0.05) is 39.0 Å². The van der Waals surface area contributed by atoms with E-state index in [2.05, 4.69) is 38.2 Å². The molecule has 0 heterocycles. The molecule has 2 aromatic carbocycles. The summed E-state index contributed by atoms with van der Waals surface area (Å²) in [6.07, 6.45) is 0. The number of hydrogen-bond donors (Lipinski definition) is 1. The molecule has 1 N–H and O–H groups in total. The largest absolute Gasteiger partial charge is 0.320 e. The summed E-state index contributed by atoms with van der Waals surface area (Å²) in [4.78, 5) is 13.0. The molecule has 0 bridgehead atoms. The average molecular weight is 349 g/mol. The Morgan fingerprint density at radius 3 is 2.33 bits per heavy atom. The Bertz CT molecular complexity index is 733. The predicted molar refractivity (Wildman–Crippen MR) is 95.6 cm³/mol. The van der Waals surface area contributed by atoms with Gasteiger partial charge in [-0.2, -0.15) is 0 Å². The number of aryl methyl sites for hydroxylation is 1. The lowest BCUT2D eigenvalue weighted by Gasteiger charge is -2.20. The van der Waals surface area contributed by atoms with Gasteiger partial charge in [0.05, 0.1) is 5.75 Å². The molecule has 0 saturated heterocycles. The van der Waals surface area contributed by atoms with E-state index in [1.165, 1.54) is 23.4 Å². The predicted octanol–water partition coefficient (Wildman–Crippen LogP) is 5.30. The van der Waals surface area contributed by atoms with Crippen LogP contribution in [0.1, 0.15) is 31.9 Å². The Kier molecular flexibility index (Phi) is 5.65. The van der Waals surface area contributed by atoms with Gasteiger partial charge in [-0.25, -0.2) is 8.78 Å². The molecular formula is C19H21F2NOS. The Balaban J connectivity index is 2.07. The van der Waals surface area contributed by atoms with E-state index in [4.69, 9.17) is 0 Å². The fourth-order valence-corrected chi connectivity index (χ4v) is 3.02. The molecule has 5 heteroatoms. The molecule has 0 spiro atoms. The molecule has 2 aromatic rings. The van der Waals surface area contributed by atoms with Gasteiger partial charge in [0.2, 0.25) is 5.91 Å². The van der Waals surface area contributed by atoms with Gasteiger partial charge < -0.3 is 5.32 Å². The average Bonchev–Trinajstić information content (AvgIpc) is 2.49. The van der Waals surface area contributed by atoms with Crippen LogP contribution >= 0.6 is 11.8 Å². The van der Waals surface area contributed by atoms with E-state index in [9.17, 15) is 13.6 Å². The van der Waals surface area contributed by atoms with E-state index in [1.54, 1.807) is 0 Å². The molecule has 0 aliphatic carbocycles. The number of thioether (sulfide) groups is 1. The maximum absolute atomic E-state index is 13.6. The van der Waals surface area contributed by atoms with Gasteiger partial charge in [-0.15, -0.1) is 11.8 Å². The molecule has 1 amide bonds. The standard InChI is InChI=1S/C19H21F2NOS/c1-12-8-9-13(19(2,3)4)10-16(12)24-11-17(23)22-18-14(20)6-5-7-15(18)21/h5-10H,11H2,1-4H3,(H,22,23). The monoisotopic (exact) mass is 349 g/mol. The van der Waals surface area contributed by atoms with Crippen LogP contribution in [-0.4, -0.2) is 11.7 Å². The Morgan fingerprint density at radius 2 is 1.75 bits per heavy atom. The Labute approximate surface area is 145 Å². The second-order valence-electron chi connectivity index (χ2n) is 6.66. The van der Waals surface area contributed by atoms with E-state index in [1.807, 2.05) is 13.0 Å². The van der Waals surface area contributed by atoms with Gasteiger partial charge in [0.15, 0.2) is 0 Å². The first-order chi connectivity index (χ1) is 11.2. The van der Waals surface area contributed by atoms with Gasteiger partial charge in [0, 0.05) is 4.90 Å². The number of halogens is 2. The van der Waals surface area contributed by atoms with Crippen molar-refractivity contribution in [2.24, 2.45) is 0 Å². The maximum Gasteiger partial charge on any atom is 0.234 e. The fourth-order valence-electron chi connectivity index (χ4n) is 2.16. The van der Waals surface area contributed by atoms with Gasteiger partial charge in [-0.05, 0) is 41.7 Å². The number of amides is 1.